The second-order valence-electron chi connectivity index (χ2n) is 5.65. The average molecular weight is 317 g/mol. The first-order valence-electron chi connectivity index (χ1n) is 7.52. The van der Waals surface area contributed by atoms with Crippen LogP contribution in [0.5, 0.6) is 0 Å². The minimum absolute atomic E-state index is 0.148. The van der Waals surface area contributed by atoms with Crippen molar-refractivity contribution in [3.63, 3.8) is 0 Å². The smallest absolute Gasteiger partial charge is 0.227 e. The quantitative estimate of drug-likeness (QED) is 0.945. The first-order valence-corrected chi connectivity index (χ1v) is 7.52. The van der Waals surface area contributed by atoms with Crippen LogP contribution in [0.25, 0.3) is 0 Å². The highest BCUT2D eigenvalue weighted by Gasteiger charge is 2.30. The Kier molecular flexibility index (Phi) is 4.39. The lowest BCUT2D eigenvalue weighted by atomic mass is 9.92. The van der Waals surface area contributed by atoms with E-state index in [9.17, 15) is 18.7 Å². The third-order valence-electron chi connectivity index (χ3n) is 4.26. The molecular formula is C18H17F2NO2. The Morgan fingerprint density at radius 3 is 2.74 bits per heavy atom. The molecule has 0 spiro atoms. The van der Waals surface area contributed by atoms with Gasteiger partial charge in [-0.05, 0) is 29.2 Å². The molecule has 120 valence electrons. The van der Waals surface area contributed by atoms with Crippen molar-refractivity contribution in [2.45, 2.75) is 18.9 Å². The number of carbonyl (C=O) groups excluding carboxylic acids is 1. The summed E-state index contributed by atoms with van der Waals surface area (Å²) in [4.78, 5) is 14.1. The molecule has 1 heterocycles. The zero-order chi connectivity index (χ0) is 16.4. The Morgan fingerprint density at radius 2 is 2.00 bits per heavy atom. The van der Waals surface area contributed by atoms with Gasteiger partial charge in [0.1, 0.15) is 11.6 Å². The number of hydrogen-bond donors (Lipinski definition) is 1. The van der Waals surface area contributed by atoms with Gasteiger partial charge in [0.2, 0.25) is 5.91 Å². The molecule has 0 aliphatic carbocycles. The number of amides is 1. The van der Waals surface area contributed by atoms with Crippen LogP contribution in [0.3, 0.4) is 0 Å². The van der Waals surface area contributed by atoms with Crippen LogP contribution in [0.1, 0.15) is 22.7 Å². The van der Waals surface area contributed by atoms with Crippen LogP contribution in [0, 0.1) is 11.6 Å². The summed E-state index contributed by atoms with van der Waals surface area (Å²) in [5, 5.41) is 9.70. The Balaban J connectivity index is 1.82. The third-order valence-corrected chi connectivity index (χ3v) is 4.26. The molecule has 0 radical (unpaired) electrons. The lowest BCUT2D eigenvalue weighted by molar-refractivity contribution is -0.134. The normalized spacial score (nSPS) is 17.0. The Labute approximate surface area is 133 Å². The molecule has 0 aromatic heterocycles. The molecular weight excluding hydrogens is 300 g/mol. The molecule has 0 saturated heterocycles. The summed E-state index contributed by atoms with van der Waals surface area (Å²) in [6.07, 6.45) is 0.551. The number of aliphatic hydroxyl groups excluding tert-OH is 1. The molecule has 3 rings (SSSR count). The van der Waals surface area contributed by atoms with E-state index in [4.69, 9.17) is 0 Å². The monoisotopic (exact) mass is 317 g/mol. The van der Waals surface area contributed by atoms with Crippen LogP contribution in [-0.2, 0) is 17.6 Å². The van der Waals surface area contributed by atoms with Gasteiger partial charge < -0.3 is 10.0 Å². The summed E-state index contributed by atoms with van der Waals surface area (Å²) in [5.74, 6) is -1.67. The number of aliphatic hydroxyl groups is 1. The van der Waals surface area contributed by atoms with Crippen molar-refractivity contribution in [1.82, 2.24) is 4.90 Å². The van der Waals surface area contributed by atoms with Gasteiger partial charge in [-0.15, -0.1) is 0 Å². The fraction of sp³-hybridized carbons (Fsp3) is 0.278. The van der Waals surface area contributed by atoms with Gasteiger partial charge >= 0.3 is 0 Å². The van der Waals surface area contributed by atoms with E-state index in [0.29, 0.717) is 13.0 Å². The largest absolute Gasteiger partial charge is 0.394 e. The molecule has 0 saturated carbocycles. The molecule has 0 fully saturated rings. The zero-order valence-corrected chi connectivity index (χ0v) is 12.5. The Bertz CT molecular complexity index is 733. The maximum Gasteiger partial charge on any atom is 0.227 e. The number of nitrogens with zero attached hydrogens (tertiary/aromatic N) is 1. The first kappa shape index (κ1) is 15.6. The minimum Gasteiger partial charge on any atom is -0.394 e. The van der Waals surface area contributed by atoms with E-state index in [-0.39, 0.29) is 24.5 Å². The molecule has 2 aromatic rings. The predicted molar refractivity (Wildman–Crippen MR) is 81.7 cm³/mol. The summed E-state index contributed by atoms with van der Waals surface area (Å²) < 4.78 is 26.7. The number of carbonyl (C=O) groups is 1. The van der Waals surface area contributed by atoms with Crippen molar-refractivity contribution in [1.29, 1.82) is 0 Å². The van der Waals surface area contributed by atoms with E-state index in [2.05, 4.69) is 0 Å². The topological polar surface area (TPSA) is 40.5 Å². The van der Waals surface area contributed by atoms with E-state index < -0.39 is 17.7 Å². The van der Waals surface area contributed by atoms with E-state index in [1.807, 2.05) is 24.3 Å². The minimum atomic E-state index is -0.726. The molecule has 1 amide bonds. The number of fused-ring (bicyclic) bond motifs is 1. The van der Waals surface area contributed by atoms with Crippen LogP contribution < -0.4 is 0 Å². The van der Waals surface area contributed by atoms with Gasteiger partial charge in [-0.3, -0.25) is 4.79 Å². The molecule has 23 heavy (non-hydrogen) atoms. The van der Waals surface area contributed by atoms with Crippen molar-refractivity contribution in [3.8, 4) is 0 Å². The number of hydrogen-bond acceptors (Lipinski definition) is 2. The summed E-state index contributed by atoms with van der Waals surface area (Å²) in [6, 6.07) is 10.5. The Hall–Kier alpha value is -2.27. The van der Waals surface area contributed by atoms with Crippen LogP contribution in [0.2, 0.25) is 0 Å². The molecule has 1 aliphatic heterocycles. The van der Waals surface area contributed by atoms with Crippen molar-refractivity contribution in [2.75, 3.05) is 13.2 Å². The zero-order valence-electron chi connectivity index (χ0n) is 12.5. The van der Waals surface area contributed by atoms with Gasteiger partial charge in [-0.2, -0.15) is 0 Å². The van der Waals surface area contributed by atoms with Gasteiger partial charge in [0.05, 0.1) is 19.1 Å². The van der Waals surface area contributed by atoms with Gasteiger partial charge in [-0.25, -0.2) is 8.78 Å². The maximum absolute atomic E-state index is 13.7. The molecule has 5 heteroatoms. The molecule has 1 aliphatic rings. The van der Waals surface area contributed by atoms with Crippen LogP contribution >= 0.6 is 0 Å². The van der Waals surface area contributed by atoms with Crippen molar-refractivity contribution < 1.29 is 18.7 Å². The summed E-state index contributed by atoms with van der Waals surface area (Å²) in [6.45, 7) is 0.290. The van der Waals surface area contributed by atoms with Gasteiger partial charge in [0.15, 0.2) is 0 Å². The molecule has 1 N–H and O–H groups in total. The highest BCUT2D eigenvalue weighted by molar-refractivity contribution is 5.79. The van der Waals surface area contributed by atoms with E-state index in [1.165, 1.54) is 6.07 Å². The molecule has 0 bridgehead atoms. The second-order valence-corrected chi connectivity index (χ2v) is 5.65. The fourth-order valence-electron chi connectivity index (χ4n) is 3.08. The lowest BCUT2D eigenvalue weighted by Gasteiger charge is -2.36. The maximum atomic E-state index is 13.7. The average Bonchev–Trinajstić information content (AvgIpc) is 2.56. The predicted octanol–water partition coefficient (Wildman–Crippen LogP) is 2.63. The van der Waals surface area contributed by atoms with E-state index in [1.54, 1.807) is 4.90 Å². The van der Waals surface area contributed by atoms with Crippen LogP contribution in [0.15, 0.2) is 42.5 Å². The van der Waals surface area contributed by atoms with Crippen molar-refractivity contribution >= 4 is 5.91 Å². The fourth-order valence-corrected chi connectivity index (χ4v) is 3.08. The van der Waals surface area contributed by atoms with E-state index in [0.717, 1.165) is 23.3 Å². The van der Waals surface area contributed by atoms with E-state index >= 15 is 0 Å². The van der Waals surface area contributed by atoms with Gasteiger partial charge in [0.25, 0.3) is 0 Å². The van der Waals surface area contributed by atoms with Crippen LogP contribution in [0.4, 0.5) is 8.78 Å². The Morgan fingerprint density at radius 1 is 1.22 bits per heavy atom. The summed E-state index contributed by atoms with van der Waals surface area (Å²) in [5.41, 5.74) is 2.20. The van der Waals surface area contributed by atoms with Crippen LogP contribution in [-0.4, -0.2) is 29.1 Å². The van der Waals surface area contributed by atoms with Crippen molar-refractivity contribution in [3.05, 3.63) is 70.8 Å². The molecule has 1 atom stereocenters. The number of rotatable bonds is 3. The second kappa shape index (κ2) is 6.46. The molecule has 2 aromatic carbocycles. The third kappa shape index (κ3) is 3.10. The van der Waals surface area contributed by atoms with Crippen molar-refractivity contribution in [2.24, 2.45) is 0 Å². The van der Waals surface area contributed by atoms with Gasteiger partial charge in [0, 0.05) is 12.6 Å². The highest BCUT2D eigenvalue weighted by atomic mass is 19.1. The molecule has 0 unspecified atom stereocenters. The summed E-state index contributed by atoms with van der Waals surface area (Å²) in [7, 11) is 0. The SMILES string of the molecule is O=C(Cc1ccc(F)cc1F)N1CCc2ccccc2[C@@H]1CO. The molecule has 3 nitrogen and oxygen atoms in total. The highest BCUT2D eigenvalue weighted by Crippen LogP contribution is 2.30. The van der Waals surface area contributed by atoms with Gasteiger partial charge in [-0.1, -0.05) is 30.3 Å². The number of benzene rings is 2. The standard InChI is InChI=1S/C18H17F2NO2/c19-14-6-5-13(16(20)10-14)9-18(23)21-8-7-12-3-1-2-4-15(12)17(21)11-22/h1-6,10,17,22H,7-9,11H2/t17-/m0/s1. The summed E-state index contributed by atoms with van der Waals surface area (Å²) >= 11 is 0. The lowest BCUT2D eigenvalue weighted by Crippen LogP contribution is -2.42. The number of halogens is 2. The first-order chi connectivity index (χ1) is 11.1.